The maximum absolute atomic E-state index is 5.87. The number of nitrogens with zero attached hydrogens (tertiary/aromatic N) is 1. The zero-order chi connectivity index (χ0) is 12.8. The van der Waals surface area contributed by atoms with E-state index in [-0.39, 0.29) is 0 Å². The summed E-state index contributed by atoms with van der Waals surface area (Å²) in [5.41, 5.74) is 0. The fourth-order valence-corrected chi connectivity index (χ4v) is 3.37. The highest BCUT2D eigenvalue weighted by Crippen LogP contribution is 2.21. The molecule has 0 saturated heterocycles. The van der Waals surface area contributed by atoms with Gasteiger partial charge < -0.3 is 5.32 Å². The Hall–Kier alpha value is -0.0700. The van der Waals surface area contributed by atoms with Crippen LogP contribution in [0, 0.1) is 0 Å². The van der Waals surface area contributed by atoms with Crippen LogP contribution in [0.25, 0.3) is 0 Å². The first-order chi connectivity index (χ1) is 8.74. The Morgan fingerprint density at radius 1 is 1.33 bits per heavy atom. The van der Waals surface area contributed by atoms with Crippen LogP contribution < -0.4 is 5.32 Å². The summed E-state index contributed by atoms with van der Waals surface area (Å²) in [7, 11) is 0. The molecule has 1 N–H and O–H groups in total. The van der Waals surface area contributed by atoms with Crippen molar-refractivity contribution in [2.75, 3.05) is 12.3 Å². The lowest BCUT2D eigenvalue weighted by molar-refractivity contribution is 0.740. The number of thiophene rings is 1. The topological polar surface area (TPSA) is 24.9 Å². The highest BCUT2D eigenvalue weighted by Gasteiger charge is 1.98. The second-order valence-corrected chi connectivity index (χ2v) is 7.38. The Morgan fingerprint density at radius 3 is 2.89 bits per heavy atom. The van der Waals surface area contributed by atoms with Gasteiger partial charge in [0.2, 0.25) is 0 Å². The lowest BCUT2D eigenvalue weighted by atomic mass is 10.4. The number of aromatic nitrogens is 1. The van der Waals surface area contributed by atoms with E-state index >= 15 is 0 Å². The van der Waals surface area contributed by atoms with Crippen LogP contribution in [0.1, 0.15) is 4.88 Å². The van der Waals surface area contributed by atoms with Crippen LogP contribution >= 0.6 is 50.6 Å². The standard InChI is InChI=1S/C12H12BrClN2S2/c13-9-1-4-12(16-7-9)17-6-5-15-8-10-2-3-11(14)18-10/h1-4,7,15H,5-6,8H2. The van der Waals surface area contributed by atoms with Crippen molar-refractivity contribution in [1.29, 1.82) is 0 Å². The molecule has 0 unspecified atom stereocenters. The first kappa shape index (κ1) is 14.3. The van der Waals surface area contributed by atoms with E-state index < -0.39 is 0 Å². The van der Waals surface area contributed by atoms with E-state index in [1.165, 1.54) is 4.88 Å². The van der Waals surface area contributed by atoms with Crippen molar-refractivity contribution in [3.63, 3.8) is 0 Å². The molecule has 0 spiro atoms. The van der Waals surface area contributed by atoms with Gasteiger partial charge in [0, 0.05) is 34.4 Å². The first-order valence-corrected chi connectivity index (χ1v) is 8.40. The number of halogens is 2. The minimum atomic E-state index is 0.847. The van der Waals surface area contributed by atoms with Crippen molar-refractivity contribution in [1.82, 2.24) is 10.3 Å². The molecule has 6 heteroatoms. The summed E-state index contributed by atoms with van der Waals surface area (Å²) in [6.07, 6.45) is 1.82. The summed E-state index contributed by atoms with van der Waals surface area (Å²) in [5.74, 6) is 1.01. The van der Waals surface area contributed by atoms with E-state index in [0.29, 0.717) is 0 Å². The molecule has 18 heavy (non-hydrogen) atoms. The van der Waals surface area contributed by atoms with Gasteiger partial charge in [-0.05, 0) is 40.2 Å². The lowest BCUT2D eigenvalue weighted by Gasteiger charge is -2.03. The summed E-state index contributed by atoms with van der Waals surface area (Å²) in [6.45, 7) is 1.84. The SMILES string of the molecule is Clc1ccc(CNCCSc2ccc(Br)cn2)s1. The van der Waals surface area contributed by atoms with Gasteiger partial charge in [-0.1, -0.05) is 11.6 Å². The lowest BCUT2D eigenvalue weighted by Crippen LogP contribution is -2.15. The van der Waals surface area contributed by atoms with Crippen molar-refractivity contribution in [2.24, 2.45) is 0 Å². The summed E-state index contributed by atoms with van der Waals surface area (Å²) in [4.78, 5) is 5.58. The molecule has 0 aliphatic heterocycles. The van der Waals surface area contributed by atoms with E-state index in [0.717, 1.165) is 32.7 Å². The van der Waals surface area contributed by atoms with Crippen molar-refractivity contribution in [3.8, 4) is 0 Å². The number of pyridine rings is 1. The van der Waals surface area contributed by atoms with E-state index in [9.17, 15) is 0 Å². The Balaban J connectivity index is 1.63. The van der Waals surface area contributed by atoms with Gasteiger partial charge in [-0.3, -0.25) is 0 Å². The molecule has 0 radical (unpaired) electrons. The first-order valence-electron chi connectivity index (χ1n) is 5.43. The Bertz CT molecular complexity index is 487. The summed E-state index contributed by atoms with van der Waals surface area (Å²) >= 11 is 12.6. The molecule has 0 fully saturated rings. The molecular formula is C12H12BrClN2S2. The summed E-state index contributed by atoms with van der Waals surface area (Å²) in [6, 6.07) is 8.03. The van der Waals surface area contributed by atoms with Crippen molar-refractivity contribution in [2.45, 2.75) is 11.6 Å². The molecule has 2 aromatic rings. The average Bonchev–Trinajstić information content (AvgIpc) is 2.77. The number of hydrogen-bond donors (Lipinski definition) is 1. The van der Waals surface area contributed by atoms with Gasteiger partial charge >= 0.3 is 0 Å². The smallest absolute Gasteiger partial charge is 0.0961 e. The number of nitrogens with one attached hydrogen (secondary N) is 1. The fraction of sp³-hybridized carbons (Fsp3) is 0.250. The average molecular weight is 364 g/mol. The molecule has 96 valence electrons. The zero-order valence-electron chi connectivity index (χ0n) is 9.53. The quantitative estimate of drug-likeness (QED) is 0.606. The highest BCUT2D eigenvalue weighted by atomic mass is 79.9. The second-order valence-electron chi connectivity index (χ2n) is 3.55. The molecule has 2 aromatic heterocycles. The molecule has 0 aliphatic carbocycles. The normalized spacial score (nSPS) is 10.8. The third-order valence-electron chi connectivity index (χ3n) is 2.16. The van der Waals surface area contributed by atoms with Crippen molar-refractivity contribution < 1.29 is 0 Å². The van der Waals surface area contributed by atoms with E-state index in [4.69, 9.17) is 11.6 Å². The Morgan fingerprint density at radius 2 is 2.22 bits per heavy atom. The summed E-state index contributed by atoms with van der Waals surface area (Å²) < 4.78 is 1.86. The molecule has 2 nitrogen and oxygen atoms in total. The molecule has 2 heterocycles. The third kappa shape index (κ3) is 4.90. The molecule has 0 amide bonds. The Labute approximate surface area is 128 Å². The number of hydrogen-bond acceptors (Lipinski definition) is 4. The van der Waals surface area contributed by atoms with Crippen LogP contribution in [0.15, 0.2) is 40.0 Å². The van der Waals surface area contributed by atoms with Crippen LogP contribution in [-0.4, -0.2) is 17.3 Å². The summed E-state index contributed by atoms with van der Waals surface area (Å²) in [5, 5.41) is 4.45. The van der Waals surface area contributed by atoms with E-state index in [1.807, 2.05) is 24.4 Å². The van der Waals surface area contributed by atoms with E-state index in [1.54, 1.807) is 23.1 Å². The van der Waals surface area contributed by atoms with Crippen molar-refractivity contribution in [3.05, 3.63) is 44.1 Å². The molecule has 0 saturated carbocycles. The molecular weight excluding hydrogens is 352 g/mol. The van der Waals surface area contributed by atoms with Crippen LogP contribution in [0.4, 0.5) is 0 Å². The monoisotopic (exact) mass is 362 g/mol. The molecule has 0 aliphatic rings. The van der Waals surface area contributed by atoms with Gasteiger partial charge in [-0.2, -0.15) is 0 Å². The van der Waals surface area contributed by atoms with Gasteiger partial charge in [0.25, 0.3) is 0 Å². The maximum atomic E-state index is 5.87. The predicted octanol–water partition coefficient (Wildman–Crippen LogP) is 4.44. The Kier molecular flexibility index (Phi) is 5.98. The van der Waals surface area contributed by atoms with Gasteiger partial charge in [-0.25, -0.2) is 4.98 Å². The zero-order valence-corrected chi connectivity index (χ0v) is 13.5. The van der Waals surface area contributed by atoms with Gasteiger partial charge in [0.05, 0.1) is 9.36 Å². The van der Waals surface area contributed by atoms with Gasteiger partial charge in [0.1, 0.15) is 0 Å². The van der Waals surface area contributed by atoms with Gasteiger partial charge in [0.15, 0.2) is 0 Å². The minimum Gasteiger partial charge on any atom is -0.311 e. The fourth-order valence-electron chi connectivity index (χ4n) is 1.33. The molecule has 0 bridgehead atoms. The second kappa shape index (κ2) is 7.50. The number of rotatable bonds is 6. The molecule has 0 atom stereocenters. The molecule has 0 aromatic carbocycles. The minimum absolute atomic E-state index is 0.847. The van der Waals surface area contributed by atoms with E-state index in [2.05, 4.69) is 32.3 Å². The largest absolute Gasteiger partial charge is 0.311 e. The van der Waals surface area contributed by atoms with Crippen LogP contribution in [0.3, 0.4) is 0 Å². The van der Waals surface area contributed by atoms with Crippen LogP contribution in [0.5, 0.6) is 0 Å². The molecule has 2 rings (SSSR count). The predicted molar refractivity (Wildman–Crippen MR) is 83.7 cm³/mol. The van der Waals surface area contributed by atoms with Crippen molar-refractivity contribution >= 4 is 50.6 Å². The van der Waals surface area contributed by atoms with Crippen LogP contribution in [-0.2, 0) is 6.54 Å². The maximum Gasteiger partial charge on any atom is 0.0961 e. The third-order valence-corrected chi connectivity index (χ3v) is 4.80. The van der Waals surface area contributed by atoms with Crippen LogP contribution in [0.2, 0.25) is 4.34 Å². The van der Waals surface area contributed by atoms with Gasteiger partial charge in [-0.15, -0.1) is 23.1 Å². The highest BCUT2D eigenvalue weighted by molar-refractivity contribution is 9.10. The number of thioether (sulfide) groups is 1.